The predicted molar refractivity (Wildman–Crippen MR) is 128 cm³/mol. The van der Waals surface area contributed by atoms with E-state index in [9.17, 15) is 14.4 Å². The van der Waals surface area contributed by atoms with Crippen LogP contribution in [0.25, 0.3) is 0 Å². The van der Waals surface area contributed by atoms with Gasteiger partial charge in [0, 0.05) is 28.3 Å². The maximum atomic E-state index is 12.9. The summed E-state index contributed by atoms with van der Waals surface area (Å²) >= 11 is 3.33. The zero-order valence-electron chi connectivity index (χ0n) is 21.0. The second-order valence-electron chi connectivity index (χ2n) is 9.58. The summed E-state index contributed by atoms with van der Waals surface area (Å²) in [5.41, 5.74) is -0.649. The lowest BCUT2D eigenvalue weighted by Crippen LogP contribution is -2.48. The third-order valence-electron chi connectivity index (χ3n) is 7.03. The van der Waals surface area contributed by atoms with Gasteiger partial charge in [-0.3, -0.25) is 14.6 Å². The topological polar surface area (TPSA) is 110 Å². The summed E-state index contributed by atoms with van der Waals surface area (Å²) in [5.74, 6) is -1.19. The molecule has 0 spiro atoms. The second-order valence-corrected chi connectivity index (χ2v) is 10.8. The van der Waals surface area contributed by atoms with Gasteiger partial charge in [0.2, 0.25) is 5.91 Å². The Morgan fingerprint density at radius 2 is 1.82 bits per heavy atom. The zero-order valence-corrected chi connectivity index (χ0v) is 22.6. The fraction of sp³-hybridized carbons (Fsp3) is 0.696. The van der Waals surface area contributed by atoms with Crippen molar-refractivity contribution in [1.29, 1.82) is 0 Å². The standard InChI is InChI=1S/C23H35BrN4O6/c1-8-22(3,4)23(5,6)20(16-13-17(15(2)24)33-21(16)31)34-19(30)14-18(29)27-9-11-28(12-10-27)25-26-32-7/h13,20H,8-12,14H2,1-7H3. The Kier molecular flexibility index (Phi) is 9.27. The van der Waals surface area contributed by atoms with Gasteiger partial charge in [-0.1, -0.05) is 57.0 Å². The first-order valence-electron chi connectivity index (χ1n) is 11.3. The average molecular weight is 543 g/mol. The van der Waals surface area contributed by atoms with Gasteiger partial charge in [0.1, 0.15) is 25.4 Å². The minimum atomic E-state index is -0.883. The largest absolute Gasteiger partial charge is 0.456 e. The Labute approximate surface area is 209 Å². The van der Waals surface area contributed by atoms with Crippen LogP contribution in [0.15, 0.2) is 32.4 Å². The van der Waals surface area contributed by atoms with Crippen molar-refractivity contribution in [2.24, 2.45) is 21.3 Å². The third-order valence-corrected chi connectivity index (χ3v) is 7.42. The lowest BCUT2D eigenvalue weighted by atomic mass is 9.62. The molecule has 34 heavy (non-hydrogen) atoms. The highest BCUT2D eigenvalue weighted by Gasteiger charge is 2.49. The second kappa shape index (κ2) is 11.3. The summed E-state index contributed by atoms with van der Waals surface area (Å²) < 4.78 is 11.9. The van der Waals surface area contributed by atoms with Gasteiger partial charge in [-0.25, -0.2) is 4.79 Å². The molecule has 11 heteroatoms. The molecule has 1 amide bonds. The lowest BCUT2D eigenvalue weighted by Gasteiger charge is -2.45. The van der Waals surface area contributed by atoms with Crippen molar-refractivity contribution in [2.75, 3.05) is 33.3 Å². The molecule has 0 bridgehead atoms. The van der Waals surface area contributed by atoms with Crippen molar-refractivity contribution in [3.05, 3.63) is 21.9 Å². The molecule has 0 aliphatic carbocycles. The Hall–Kier alpha value is -2.43. The van der Waals surface area contributed by atoms with Crippen LogP contribution in [0.5, 0.6) is 0 Å². The van der Waals surface area contributed by atoms with Crippen LogP contribution in [0, 0.1) is 10.8 Å². The van der Waals surface area contributed by atoms with Crippen molar-refractivity contribution in [3.8, 4) is 0 Å². The zero-order chi connectivity index (χ0) is 25.7. The Morgan fingerprint density at radius 3 is 2.32 bits per heavy atom. The fourth-order valence-electron chi connectivity index (χ4n) is 3.68. The number of cyclic esters (lactones) is 1. The predicted octanol–water partition coefficient (Wildman–Crippen LogP) is 3.93. The summed E-state index contributed by atoms with van der Waals surface area (Å²) in [5, 5.41) is 9.04. The van der Waals surface area contributed by atoms with Gasteiger partial charge in [-0.2, -0.15) is 0 Å². The van der Waals surface area contributed by atoms with Crippen molar-refractivity contribution in [3.63, 3.8) is 0 Å². The van der Waals surface area contributed by atoms with Crippen LogP contribution < -0.4 is 0 Å². The first-order chi connectivity index (χ1) is 15.8. The van der Waals surface area contributed by atoms with Crippen LogP contribution in [0.3, 0.4) is 0 Å². The molecule has 1 fully saturated rings. The van der Waals surface area contributed by atoms with Crippen LogP contribution >= 0.6 is 15.9 Å². The molecule has 1 unspecified atom stereocenters. The number of hydrogen-bond donors (Lipinski definition) is 0. The van der Waals surface area contributed by atoms with E-state index in [1.54, 1.807) is 22.9 Å². The van der Waals surface area contributed by atoms with Gasteiger partial charge >= 0.3 is 11.9 Å². The average Bonchev–Trinajstić information content (AvgIpc) is 3.17. The summed E-state index contributed by atoms with van der Waals surface area (Å²) in [6.45, 7) is 13.6. The molecule has 1 saturated heterocycles. The van der Waals surface area contributed by atoms with E-state index in [-0.39, 0.29) is 16.9 Å². The minimum Gasteiger partial charge on any atom is -0.456 e. The molecular weight excluding hydrogens is 508 g/mol. The molecular formula is C23H35BrN4O6. The van der Waals surface area contributed by atoms with E-state index in [4.69, 9.17) is 9.47 Å². The molecule has 2 aliphatic heterocycles. The van der Waals surface area contributed by atoms with E-state index < -0.39 is 29.9 Å². The number of carbonyl (C=O) groups is 3. The smallest absolute Gasteiger partial charge is 0.343 e. The van der Waals surface area contributed by atoms with E-state index in [0.717, 1.165) is 6.42 Å². The Bertz CT molecular complexity index is 884. The molecule has 0 N–H and O–H groups in total. The van der Waals surface area contributed by atoms with Crippen LogP contribution in [-0.4, -0.2) is 67.1 Å². The number of halogens is 1. The normalized spacial score (nSPS) is 19.6. The fourth-order valence-corrected chi connectivity index (χ4v) is 3.88. The van der Waals surface area contributed by atoms with E-state index in [1.165, 1.54) is 7.11 Å². The number of rotatable bonds is 9. The summed E-state index contributed by atoms with van der Waals surface area (Å²) in [6.07, 6.45) is 1.10. The summed E-state index contributed by atoms with van der Waals surface area (Å²) in [6, 6.07) is 0. The van der Waals surface area contributed by atoms with Gasteiger partial charge in [0.25, 0.3) is 0 Å². The molecule has 10 nitrogen and oxygen atoms in total. The maximum absolute atomic E-state index is 12.9. The maximum Gasteiger partial charge on any atom is 0.343 e. The number of carbonyl (C=O) groups excluding carboxylic acids is 3. The van der Waals surface area contributed by atoms with Gasteiger partial charge in [-0.05, 0) is 23.6 Å². The van der Waals surface area contributed by atoms with Crippen LogP contribution in [-0.2, 0) is 28.7 Å². The van der Waals surface area contributed by atoms with Crippen molar-refractivity contribution < 1.29 is 28.7 Å². The molecule has 2 aliphatic rings. The number of nitrogens with zero attached hydrogens (tertiary/aromatic N) is 4. The van der Waals surface area contributed by atoms with Gasteiger partial charge in [-0.15, -0.1) is 0 Å². The van der Waals surface area contributed by atoms with Crippen LogP contribution in [0.4, 0.5) is 0 Å². The monoisotopic (exact) mass is 542 g/mol. The Balaban J connectivity index is 2.17. The van der Waals surface area contributed by atoms with Crippen LogP contribution in [0.1, 0.15) is 54.4 Å². The van der Waals surface area contributed by atoms with E-state index in [0.29, 0.717) is 36.4 Å². The van der Waals surface area contributed by atoms with Crippen LogP contribution in [0.2, 0.25) is 0 Å². The summed E-state index contributed by atoms with van der Waals surface area (Å²) in [7, 11) is 1.41. The molecule has 0 aromatic rings. The van der Waals surface area contributed by atoms with Crippen molar-refractivity contribution >= 4 is 33.8 Å². The summed E-state index contributed by atoms with van der Waals surface area (Å²) in [4.78, 5) is 44.5. The van der Waals surface area contributed by atoms with Gasteiger partial charge in [0.15, 0.2) is 0 Å². The Morgan fingerprint density at radius 1 is 1.21 bits per heavy atom. The number of allylic oxidation sites excluding steroid dienone is 2. The molecule has 0 saturated carbocycles. The van der Waals surface area contributed by atoms with Crippen molar-refractivity contribution in [2.45, 2.75) is 60.5 Å². The highest BCUT2D eigenvalue weighted by molar-refractivity contribution is 9.11. The highest BCUT2D eigenvalue weighted by Crippen LogP contribution is 2.48. The number of hydrogen-bond acceptors (Lipinski definition) is 8. The quantitative estimate of drug-likeness (QED) is 0.188. The first-order valence-corrected chi connectivity index (χ1v) is 12.1. The minimum absolute atomic E-state index is 0.262. The van der Waals surface area contributed by atoms with E-state index in [1.807, 2.05) is 20.8 Å². The van der Waals surface area contributed by atoms with Gasteiger partial charge < -0.3 is 19.2 Å². The number of piperazine rings is 1. The first kappa shape index (κ1) is 27.8. The molecule has 0 aromatic carbocycles. The molecule has 190 valence electrons. The molecule has 1 atom stereocenters. The molecule has 0 aromatic heterocycles. The molecule has 2 heterocycles. The molecule has 0 radical (unpaired) electrons. The van der Waals surface area contributed by atoms with Gasteiger partial charge in [0.05, 0.1) is 18.7 Å². The SMILES string of the molecule is CCC(C)(C)C(C)(C)C(OC(=O)CC(=O)N1CCN(N=NOC)CC1)C1=CC(=C(C)Br)OC1=O. The highest BCUT2D eigenvalue weighted by atomic mass is 79.9. The van der Waals surface area contributed by atoms with Crippen molar-refractivity contribution in [1.82, 2.24) is 9.91 Å². The number of ether oxygens (including phenoxy) is 2. The number of esters is 2. The third kappa shape index (κ3) is 6.37. The van der Waals surface area contributed by atoms with E-state index >= 15 is 0 Å². The lowest BCUT2D eigenvalue weighted by molar-refractivity contribution is -0.161. The number of amides is 1. The van der Waals surface area contributed by atoms with E-state index in [2.05, 4.69) is 45.1 Å². The molecule has 2 rings (SSSR count).